The molecule has 0 spiro atoms. The maximum Gasteiger partial charge on any atom is 0.225 e. The Bertz CT molecular complexity index is 981. The molecular weight excluding hydrogens is 320 g/mol. The lowest BCUT2D eigenvalue weighted by atomic mass is 10.0. The van der Waals surface area contributed by atoms with Crippen molar-refractivity contribution in [3.05, 3.63) is 107 Å². The molecule has 0 radical (unpaired) electrons. The van der Waals surface area contributed by atoms with Crippen LogP contribution < -0.4 is 0 Å². The first-order valence-corrected chi connectivity index (χ1v) is 8.03. The summed E-state index contributed by atoms with van der Waals surface area (Å²) in [7, 11) is 0. The molecule has 0 saturated carbocycles. The zero-order chi connectivity index (χ0) is 18.2. The number of hydrogen-bond donors (Lipinski definition) is 0. The maximum absolute atomic E-state index is 11.8. The van der Waals surface area contributed by atoms with Gasteiger partial charge in [-0.1, -0.05) is 60.1 Å². The second kappa shape index (κ2) is 8.29. The fourth-order valence-electron chi connectivity index (χ4n) is 2.31. The number of rotatable bonds is 2. The van der Waals surface area contributed by atoms with Crippen molar-refractivity contribution in [1.29, 1.82) is 0 Å². The molecule has 0 bridgehead atoms. The first-order valence-electron chi connectivity index (χ1n) is 8.03. The number of carbonyl (C=O) groups is 2. The van der Waals surface area contributed by atoms with Crippen LogP contribution in [0, 0.1) is 23.7 Å². The molecule has 0 N–H and O–H groups in total. The van der Waals surface area contributed by atoms with E-state index in [1.54, 1.807) is 12.1 Å². The van der Waals surface area contributed by atoms with Crippen LogP contribution in [0.25, 0.3) is 0 Å². The Morgan fingerprint density at radius 3 is 1.46 bits per heavy atom. The minimum atomic E-state index is -0.587. The standard InChI is InChI=1S/C24H14O2/c25-18-24(26)23-16-21(13-11-19-7-3-1-4-8-19)15-22(17-23)14-12-20-9-5-2-6-10-20/h1-10,15-18H. The lowest BCUT2D eigenvalue weighted by Crippen LogP contribution is -2.01. The van der Waals surface area contributed by atoms with Crippen LogP contribution in [0.2, 0.25) is 0 Å². The molecule has 2 heteroatoms. The third kappa shape index (κ3) is 4.57. The van der Waals surface area contributed by atoms with E-state index in [0.717, 1.165) is 11.1 Å². The molecule has 2 nitrogen and oxygen atoms in total. The van der Waals surface area contributed by atoms with Crippen LogP contribution in [0.5, 0.6) is 0 Å². The van der Waals surface area contributed by atoms with Gasteiger partial charge >= 0.3 is 0 Å². The molecule has 3 aromatic carbocycles. The Morgan fingerprint density at radius 1 is 0.615 bits per heavy atom. The van der Waals surface area contributed by atoms with Gasteiger partial charge < -0.3 is 0 Å². The topological polar surface area (TPSA) is 34.1 Å². The first kappa shape index (κ1) is 17.0. The molecule has 0 aliphatic rings. The number of aldehydes is 1. The molecule has 0 unspecified atom stereocenters. The predicted molar refractivity (Wildman–Crippen MR) is 102 cm³/mol. The van der Waals surface area contributed by atoms with Gasteiger partial charge in [-0.25, -0.2) is 0 Å². The third-order valence-electron chi connectivity index (χ3n) is 3.57. The summed E-state index contributed by atoms with van der Waals surface area (Å²) in [6, 6.07) is 24.1. The summed E-state index contributed by atoms with van der Waals surface area (Å²) >= 11 is 0. The average molecular weight is 334 g/mol. The lowest BCUT2D eigenvalue weighted by molar-refractivity contribution is -0.104. The predicted octanol–water partition coefficient (Wildman–Crippen LogP) is 3.87. The number of Topliss-reactive ketones (excluding diaryl/α,β-unsaturated/α-hetero) is 1. The number of ketones is 1. The van der Waals surface area contributed by atoms with Crippen molar-refractivity contribution in [2.45, 2.75) is 0 Å². The van der Waals surface area contributed by atoms with Crippen molar-refractivity contribution in [2.75, 3.05) is 0 Å². The molecule has 0 heterocycles. The highest BCUT2D eigenvalue weighted by molar-refractivity contribution is 6.33. The summed E-state index contributed by atoms with van der Waals surface area (Å²) in [5.74, 6) is 11.6. The van der Waals surface area contributed by atoms with Gasteiger partial charge in [0.15, 0.2) is 6.29 Å². The Kier molecular flexibility index (Phi) is 5.41. The van der Waals surface area contributed by atoms with Crippen molar-refractivity contribution >= 4 is 12.1 Å². The Morgan fingerprint density at radius 2 is 1.04 bits per heavy atom. The molecule has 0 aliphatic heterocycles. The third-order valence-corrected chi connectivity index (χ3v) is 3.57. The van der Waals surface area contributed by atoms with Crippen molar-refractivity contribution in [1.82, 2.24) is 0 Å². The molecule has 122 valence electrons. The zero-order valence-electron chi connectivity index (χ0n) is 13.9. The van der Waals surface area contributed by atoms with E-state index in [4.69, 9.17) is 0 Å². The van der Waals surface area contributed by atoms with Gasteiger partial charge in [0.1, 0.15) is 0 Å². The number of carbonyl (C=O) groups excluding carboxylic acids is 2. The lowest BCUT2D eigenvalue weighted by Gasteiger charge is -1.99. The summed E-state index contributed by atoms with van der Waals surface area (Å²) in [5, 5.41) is 0. The Balaban J connectivity index is 2.00. The van der Waals surface area contributed by atoms with E-state index < -0.39 is 5.78 Å². The maximum atomic E-state index is 11.8. The SMILES string of the molecule is O=CC(=O)c1cc(C#Cc2ccccc2)cc(C#Cc2ccccc2)c1. The molecule has 3 rings (SSSR count). The summed E-state index contributed by atoms with van der Waals surface area (Å²) in [6.45, 7) is 0. The quantitative estimate of drug-likeness (QED) is 0.309. The molecule has 0 atom stereocenters. The summed E-state index contributed by atoms with van der Waals surface area (Å²) in [4.78, 5) is 22.7. The van der Waals surface area contributed by atoms with Gasteiger partial charge in [0, 0.05) is 27.8 Å². The van der Waals surface area contributed by atoms with Gasteiger partial charge in [0.05, 0.1) is 0 Å². The summed E-state index contributed by atoms with van der Waals surface area (Å²) in [5.41, 5.74) is 3.31. The van der Waals surface area contributed by atoms with Gasteiger partial charge in [0.25, 0.3) is 0 Å². The second-order valence-electron chi connectivity index (χ2n) is 5.51. The molecule has 0 fully saturated rings. The van der Waals surface area contributed by atoms with E-state index in [9.17, 15) is 9.59 Å². The van der Waals surface area contributed by atoms with Crippen LogP contribution in [0.3, 0.4) is 0 Å². The van der Waals surface area contributed by atoms with Gasteiger partial charge in [-0.05, 0) is 42.5 Å². The van der Waals surface area contributed by atoms with Gasteiger partial charge in [-0.3, -0.25) is 9.59 Å². The van der Waals surface area contributed by atoms with Crippen LogP contribution in [-0.2, 0) is 4.79 Å². The Hall–Kier alpha value is -3.88. The molecule has 0 amide bonds. The minimum absolute atomic E-state index is 0.289. The fourth-order valence-corrected chi connectivity index (χ4v) is 2.31. The zero-order valence-corrected chi connectivity index (χ0v) is 13.9. The largest absolute Gasteiger partial charge is 0.294 e. The van der Waals surface area contributed by atoms with E-state index in [0.29, 0.717) is 17.4 Å². The normalized spacial score (nSPS) is 9.23. The Labute approximate surface area is 152 Å². The number of benzene rings is 3. The first-order chi connectivity index (χ1) is 12.7. The van der Waals surface area contributed by atoms with Crippen molar-refractivity contribution < 1.29 is 9.59 Å². The molecule has 3 aromatic rings. The average Bonchev–Trinajstić information content (AvgIpc) is 2.71. The second-order valence-corrected chi connectivity index (χ2v) is 5.51. The molecule has 0 saturated heterocycles. The van der Waals surface area contributed by atoms with Gasteiger partial charge in [-0.2, -0.15) is 0 Å². The minimum Gasteiger partial charge on any atom is -0.294 e. The van der Waals surface area contributed by atoms with E-state index in [1.165, 1.54) is 0 Å². The fraction of sp³-hybridized carbons (Fsp3) is 0. The van der Waals surface area contributed by atoms with Gasteiger partial charge in [-0.15, -0.1) is 0 Å². The van der Waals surface area contributed by atoms with E-state index in [-0.39, 0.29) is 5.56 Å². The van der Waals surface area contributed by atoms with Crippen molar-refractivity contribution in [3.8, 4) is 23.7 Å². The van der Waals surface area contributed by atoms with Crippen molar-refractivity contribution in [2.24, 2.45) is 0 Å². The van der Waals surface area contributed by atoms with Crippen LogP contribution in [0.1, 0.15) is 32.6 Å². The summed E-state index contributed by atoms with van der Waals surface area (Å²) < 4.78 is 0. The van der Waals surface area contributed by atoms with Crippen LogP contribution in [0.15, 0.2) is 78.9 Å². The van der Waals surface area contributed by atoms with E-state index in [2.05, 4.69) is 23.7 Å². The van der Waals surface area contributed by atoms with E-state index in [1.807, 2.05) is 66.7 Å². The van der Waals surface area contributed by atoms with Crippen LogP contribution in [-0.4, -0.2) is 12.1 Å². The molecular formula is C24H14O2. The van der Waals surface area contributed by atoms with Crippen LogP contribution >= 0.6 is 0 Å². The van der Waals surface area contributed by atoms with E-state index >= 15 is 0 Å². The highest BCUT2D eigenvalue weighted by Crippen LogP contribution is 2.10. The van der Waals surface area contributed by atoms with Gasteiger partial charge in [0.2, 0.25) is 5.78 Å². The highest BCUT2D eigenvalue weighted by atomic mass is 16.2. The smallest absolute Gasteiger partial charge is 0.225 e. The number of hydrogen-bond acceptors (Lipinski definition) is 2. The molecule has 0 aliphatic carbocycles. The molecule has 0 aromatic heterocycles. The summed E-state index contributed by atoms with van der Waals surface area (Å²) in [6.07, 6.45) is 0.304. The monoisotopic (exact) mass is 334 g/mol. The highest BCUT2D eigenvalue weighted by Gasteiger charge is 2.06. The molecule has 26 heavy (non-hydrogen) atoms. The van der Waals surface area contributed by atoms with Crippen molar-refractivity contribution in [3.63, 3.8) is 0 Å². The van der Waals surface area contributed by atoms with Crippen LogP contribution in [0.4, 0.5) is 0 Å².